The highest BCUT2D eigenvalue weighted by molar-refractivity contribution is 9.09. The molecule has 1 fully saturated rings. The highest BCUT2D eigenvalue weighted by Crippen LogP contribution is 2.52. The van der Waals surface area contributed by atoms with Crippen LogP contribution < -0.4 is 0 Å². The first-order valence-electron chi connectivity index (χ1n) is 5.89. The van der Waals surface area contributed by atoms with Crippen LogP contribution in [-0.4, -0.2) is 0 Å². The molecule has 0 radical (unpaired) electrons. The van der Waals surface area contributed by atoms with Crippen molar-refractivity contribution in [3.05, 3.63) is 48.0 Å². The van der Waals surface area contributed by atoms with Gasteiger partial charge < -0.3 is 0 Å². The van der Waals surface area contributed by atoms with Crippen LogP contribution >= 0.6 is 15.9 Å². The summed E-state index contributed by atoms with van der Waals surface area (Å²) in [5.41, 5.74) is 1.45. The van der Waals surface area contributed by atoms with E-state index in [0.717, 1.165) is 11.8 Å². The summed E-state index contributed by atoms with van der Waals surface area (Å²) in [5, 5.41) is 2.74. The zero-order valence-electron chi connectivity index (χ0n) is 9.36. The van der Waals surface area contributed by atoms with Gasteiger partial charge in [0.1, 0.15) is 0 Å². The van der Waals surface area contributed by atoms with E-state index in [0.29, 0.717) is 4.83 Å². The molecule has 1 aliphatic carbocycles. The van der Waals surface area contributed by atoms with E-state index in [9.17, 15) is 0 Å². The third kappa shape index (κ3) is 1.67. The molecule has 3 atom stereocenters. The summed E-state index contributed by atoms with van der Waals surface area (Å²) in [4.78, 5) is 0.522. The number of halogens is 1. The van der Waals surface area contributed by atoms with Gasteiger partial charge in [-0.25, -0.2) is 0 Å². The van der Waals surface area contributed by atoms with Gasteiger partial charge in [0.15, 0.2) is 0 Å². The second-order valence-electron chi connectivity index (χ2n) is 4.85. The molecule has 0 heterocycles. The largest absolute Gasteiger partial charge is 0.0835 e. The minimum atomic E-state index is 0.522. The zero-order valence-corrected chi connectivity index (χ0v) is 10.9. The SMILES string of the molecule is CC1CC1C(Br)c1cccc2ccccc12. The van der Waals surface area contributed by atoms with E-state index in [1.54, 1.807) is 0 Å². The zero-order chi connectivity index (χ0) is 11.1. The molecule has 0 bridgehead atoms. The van der Waals surface area contributed by atoms with E-state index in [1.165, 1.54) is 22.8 Å². The van der Waals surface area contributed by atoms with Crippen LogP contribution in [0, 0.1) is 11.8 Å². The quantitative estimate of drug-likeness (QED) is 0.681. The Balaban J connectivity index is 2.09. The van der Waals surface area contributed by atoms with E-state index in [-0.39, 0.29) is 0 Å². The normalized spacial score (nSPS) is 25.6. The van der Waals surface area contributed by atoms with Crippen molar-refractivity contribution < 1.29 is 0 Å². The van der Waals surface area contributed by atoms with Gasteiger partial charge in [-0.1, -0.05) is 65.3 Å². The maximum Gasteiger partial charge on any atom is 0.0432 e. The number of fused-ring (bicyclic) bond motifs is 1. The minimum absolute atomic E-state index is 0.522. The molecule has 0 N–H and O–H groups in total. The van der Waals surface area contributed by atoms with Gasteiger partial charge >= 0.3 is 0 Å². The van der Waals surface area contributed by atoms with E-state index in [1.807, 2.05) is 0 Å². The number of rotatable bonds is 2. The summed E-state index contributed by atoms with van der Waals surface area (Å²) in [6.07, 6.45) is 1.36. The molecule has 2 aromatic rings. The number of benzene rings is 2. The third-order valence-electron chi connectivity index (χ3n) is 3.67. The predicted octanol–water partition coefficient (Wildman–Crippen LogP) is 4.93. The molecule has 0 aliphatic heterocycles. The maximum absolute atomic E-state index is 3.87. The van der Waals surface area contributed by atoms with Gasteiger partial charge in [-0.15, -0.1) is 0 Å². The van der Waals surface area contributed by atoms with Gasteiger partial charge in [-0.3, -0.25) is 0 Å². The summed E-state index contributed by atoms with van der Waals surface area (Å²) >= 11 is 3.87. The second-order valence-corrected chi connectivity index (χ2v) is 5.83. The third-order valence-corrected chi connectivity index (χ3v) is 4.84. The number of hydrogen-bond acceptors (Lipinski definition) is 0. The van der Waals surface area contributed by atoms with Crippen molar-refractivity contribution in [3.8, 4) is 0 Å². The lowest BCUT2D eigenvalue weighted by molar-refractivity contribution is 0.744. The molecule has 0 spiro atoms. The number of hydrogen-bond donors (Lipinski definition) is 0. The molecule has 0 nitrogen and oxygen atoms in total. The van der Waals surface area contributed by atoms with Gasteiger partial charge in [0.05, 0.1) is 0 Å². The molecular weight excluding hydrogens is 260 g/mol. The van der Waals surface area contributed by atoms with Crippen LogP contribution in [0.5, 0.6) is 0 Å². The smallest absolute Gasteiger partial charge is 0.0432 e. The molecule has 3 rings (SSSR count). The summed E-state index contributed by atoms with van der Waals surface area (Å²) in [6, 6.07) is 15.3. The lowest BCUT2D eigenvalue weighted by Crippen LogP contribution is -1.94. The first-order chi connectivity index (χ1) is 7.77. The summed E-state index contributed by atoms with van der Waals surface area (Å²) in [7, 11) is 0. The van der Waals surface area contributed by atoms with Crippen molar-refractivity contribution in [1.29, 1.82) is 0 Å². The highest BCUT2D eigenvalue weighted by Gasteiger charge is 2.39. The van der Waals surface area contributed by atoms with Gasteiger partial charge in [-0.2, -0.15) is 0 Å². The van der Waals surface area contributed by atoms with E-state index < -0.39 is 0 Å². The Morgan fingerprint density at radius 3 is 2.56 bits per heavy atom. The van der Waals surface area contributed by atoms with Crippen LogP contribution in [0.2, 0.25) is 0 Å². The van der Waals surface area contributed by atoms with Crippen molar-refractivity contribution in [2.45, 2.75) is 18.2 Å². The lowest BCUT2D eigenvalue weighted by Gasteiger charge is -2.12. The van der Waals surface area contributed by atoms with E-state index in [2.05, 4.69) is 65.3 Å². The molecule has 0 aromatic heterocycles. The fraction of sp³-hybridized carbons (Fsp3) is 0.333. The average molecular weight is 275 g/mol. The Morgan fingerprint density at radius 1 is 1.12 bits per heavy atom. The average Bonchev–Trinajstić information content (AvgIpc) is 3.05. The molecule has 0 saturated heterocycles. The van der Waals surface area contributed by atoms with E-state index >= 15 is 0 Å². The summed E-state index contributed by atoms with van der Waals surface area (Å²) in [6.45, 7) is 2.34. The van der Waals surface area contributed by atoms with Crippen molar-refractivity contribution in [2.24, 2.45) is 11.8 Å². The molecular formula is C15H15Br. The fourth-order valence-corrected chi connectivity index (χ4v) is 3.62. The van der Waals surface area contributed by atoms with Gasteiger partial charge in [0.25, 0.3) is 0 Å². The predicted molar refractivity (Wildman–Crippen MR) is 72.9 cm³/mol. The molecule has 1 saturated carbocycles. The molecule has 82 valence electrons. The minimum Gasteiger partial charge on any atom is -0.0835 e. The van der Waals surface area contributed by atoms with Gasteiger partial charge in [-0.05, 0) is 34.6 Å². The van der Waals surface area contributed by atoms with Crippen molar-refractivity contribution in [3.63, 3.8) is 0 Å². The van der Waals surface area contributed by atoms with Crippen LogP contribution in [-0.2, 0) is 0 Å². The molecule has 16 heavy (non-hydrogen) atoms. The first kappa shape index (κ1) is 10.3. The summed E-state index contributed by atoms with van der Waals surface area (Å²) < 4.78 is 0. The highest BCUT2D eigenvalue weighted by atomic mass is 79.9. The summed E-state index contributed by atoms with van der Waals surface area (Å²) in [5.74, 6) is 1.70. The topological polar surface area (TPSA) is 0 Å². The lowest BCUT2D eigenvalue weighted by atomic mass is 10.00. The first-order valence-corrected chi connectivity index (χ1v) is 6.80. The standard InChI is InChI=1S/C15H15Br/c1-10-9-14(10)15(16)13-8-4-6-11-5-2-3-7-12(11)13/h2-8,10,14-15H,9H2,1H3. The van der Waals surface area contributed by atoms with E-state index in [4.69, 9.17) is 0 Å². The second kappa shape index (κ2) is 3.89. The van der Waals surface area contributed by atoms with Crippen molar-refractivity contribution >= 4 is 26.7 Å². The Morgan fingerprint density at radius 2 is 1.81 bits per heavy atom. The van der Waals surface area contributed by atoms with Crippen molar-refractivity contribution in [1.82, 2.24) is 0 Å². The molecule has 1 heteroatoms. The Hall–Kier alpha value is -0.820. The number of alkyl halides is 1. The van der Waals surface area contributed by atoms with Crippen LogP contribution in [0.3, 0.4) is 0 Å². The molecule has 3 unspecified atom stereocenters. The molecule has 1 aliphatic rings. The van der Waals surface area contributed by atoms with Crippen LogP contribution in [0.15, 0.2) is 42.5 Å². The van der Waals surface area contributed by atoms with Crippen LogP contribution in [0.25, 0.3) is 10.8 Å². The Kier molecular flexibility index (Phi) is 2.51. The fourth-order valence-electron chi connectivity index (χ4n) is 2.48. The van der Waals surface area contributed by atoms with Crippen molar-refractivity contribution in [2.75, 3.05) is 0 Å². The van der Waals surface area contributed by atoms with Crippen LogP contribution in [0.1, 0.15) is 23.7 Å². The Labute approximate surface area is 105 Å². The molecule has 2 aromatic carbocycles. The maximum atomic E-state index is 3.87. The monoisotopic (exact) mass is 274 g/mol. The molecule has 0 amide bonds. The Bertz CT molecular complexity index is 512. The van der Waals surface area contributed by atoms with Gasteiger partial charge in [0, 0.05) is 4.83 Å². The van der Waals surface area contributed by atoms with Gasteiger partial charge in [0.2, 0.25) is 0 Å². The van der Waals surface area contributed by atoms with Crippen LogP contribution in [0.4, 0.5) is 0 Å².